The fourth-order valence-electron chi connectivity index (χ4n) is 3.52. The van der Waals surface area contributed by atoms with Crippen molar-refractivity contribution >= 4 is 17.8 Å². The van der Waals surface area contributed by atoms with Crippen LogP contribution in [0.1, 0.15) is 6.42 Å². The van der Waals surface area contributed by atoms with E-state index >= 15 is 0 Å². The number of carbonyl (C=O) groups is 2. The average molecular weight is 295 g/mol. The molecule has 1 fully saturated rings. The molecule has 2 amide bonds. The smallest absolute Gasteiger partial charge is 0.413 e. The molecule has 0 aromatic heterocycles. The Morgan fingerprint density at radius 2 is 1.90 bits per heavy atom. The summed E-state index contributed by atoms with van der Waals surface area (Å²) < 4.78 is 7.77. The number of nitrogens with two attached hydrogens (primary N) is 2. The number of amides is 2. The Morgan fingerprint density at radius 3 is 2.33 bits per heavy atom. The first-order chi connectivity index (χ1) is 9.71. The summed E-state index contributed by atoms with van der Waals surface area (Å²) in [6, 6.07) is 0.459. The highest BCUT2D eigenvalue weighted by Crippen LogP contribution is 2.52. The van der Waals surface area contributed by atoms with Crippen LogP contribution in [0.5, 0.6) is 0 Å². The summed E-state index contributed by atoms with van der Waals surface area (Å²) in [5.74, 6) is -2.26. The number of hydrogen-bond donors (Lipinski definition) is 2. The van der Waals surface area contributed by atoms with Crippen molar-refractivity contribution < 1.29 is 18.9 Å². The van der Waals surface area contributed by atoms with Gasteiger partial charge in [-0.25, -0.2) is 9.48 Å². The first-order valence-electron chi connectivity index (χ1n) is 6.90. The Hall–Kier alpha value is -2.05. The van der Waals surface area contributed by atoms with Gasteiger partial charge < -0.3 is 16.2 Å². The van der Waals surface area contributed by atoms with Gasteiger partial charge >= 0.3 is 6.02 Å². The maximum Gasteiger partial charge on any atom is 0.446 e. The molecule has 4 unspecified atom stereocenters. The number of rotatable bonds is 3. The Balaban J connectivity index is 2.51. The van der Waals surface area contributed by atoms with E-state index in [1.807, 2.05) is 12.2 Å². The molecular formula is C14H23N4O3+. The van der Waals surface area contributed by atoms with E-state index in [2.05, 4.69) is 0 Å². The Kier molecular flexibility index (Phi) is 3.69. The van der Waals surface area contributed by atoms with Gasteiger partial charge in [0, 0.05) is 5.92 Å². The standard InChI is InChI=1S/C14H22N4O3/c1-17(2)13(18(3)4)21-14(12(16)20)9-6-5-8(7-9)10(14)11(15)19/h5-6,8-10H,7H2,1-4H3,(H3-,15,16,19,20)/p+1. The molecule has 2 bridgehead atoms. The lowest BCUT2D eigenvalue weighted by molar-refractivity contribution is -0.482. The molecule has 0 heterocycles. The fourth-order valence-corrected chi connectivity index (χ4v) is 3.52. The largest absolute Gasteiger partial charge is 0.446 e. The van der Waals surface area contributed by atoms with Crippen molar-refractivity contribution in [1.82, 2.24) is 4.90 Å². The Bertz CT molecular complexity index is 536. The van der Waals surface area contributed by atoms with Gasteiger partial charge in [0.25, 0.3) is 5.91 Å². The van der Waals surface area contributed by atoms with E-state index in [0.717, 1.165) is 0 Å². The normalized spacial score (nSPS) is 32.9. The van der Waals surface area contributed by atoms with Gasteiger partial charge in [-0.2, -0.15) is 0 Å². The van der Waals surface area contributed by atoms with Crippen molar-refractivity contribution in [2.24, 2.45) is 29.2 Å². The molecule has 1 saturated carbocycles. The first-order valence-corrected chi connectivity index (χ1v) is 6.90. The summed E-state index contributed by atoms with van der Waals surface area (Å²) in [6.07, 6.45) is 4.48. The van der Waals surface area contributed by atoms with E-state index < -0.39 is 23.3 Å². The Labute approximate surface area is 124 Å². The zero-order valence-corrected chi connectivity index (χ0v) is 12.9. The summed E-state index contributed by atoms with van der Waals surface area (Å²) in [6.45, 7) is 0. The van der Waals surface area contributed by atoms with Crippen molar-refractivity contribution in [2.45, 2.75) is 12.0 Å². The molecule has 2 aliphatic rings. The number of primary amides is 2. The minimum atomic E-state index is -1.41. The molecule has 21 heavy (non-hydrogen) atoms. The summed E-state index contributed by atoms with van der Waals surface area (Å²) in [5, 5.41) is 0. The monoisotopic (exact) mass is 295 g/mol. The van der Waals surface area contributed by atoms with Crippen LogP contribution in [0.15, 0.2) is 12.2 Å². The van der Waals surface area contributed by atoms with Crippen LogP contribution in [0.3, 0.4) is 0 Å². The number of amidine groups is 1. The third-order valence-electron chi connectivity index (χ3n) is 4.27. The minimum absolute atomic E-state index is 0.0921. The third kappa shape index (κ3) is 2.16. The van der Waals surface area contributed by atoms with Crippen molar-refractivity contribution in [3.63, 3.8) is 0 Å². The molecule has 0 aromatic rings. The SMILES string of the molecule is CN(C)C(OC1(C(N)=O)C2C=CC(C2)C1C(N)=O)=[N+](C)C. The summed E-state index contributed by atoms with van der Waals surface area (Å²) in [7, 11) is 7.19. The zero-order chi connectivity index (χ0) is 15.9. The van der Waals surface area contributed by atoms with Gasteiger partial charge in [0.1, 0.15) is 0 Å². The molecule has 0 aliphatic heterocycles. The topological polar surface area (TPSA) is 102 Å². The third-order valence-corrected chi connectivity index (χ3v) is 4.27. The van der Waals surface area contributed by atoms with Gasteiger partial charge in [0.15, 0.2) is 0 Å². The predicted molar refractivity (Wildman–Crippen MR) is 77.2 cm³/mol. The van der Waals surface area contributed by atoms with Crippen LogP contribution >= 0.6 is 0 Å². The van der Waals surface area contributed by atoms with Gasteiger partial charge in [-0.15, -0.1) is 0 Å². The Morgan fingerprint density at radius 1 is 1.29 bits per heavy atom. The van der Waals surface area contributed by atoms with Crippen molar-refractivity contribution in [2.75, 3.05) is 28.2 Å². The summed E-state index contributed by atoms with van der Waals surface area (Å²) in [4.78, 5) is 25.8. The highest BCUT2D eigenvalue weighted by atomic mass is 16.5. The molecular weight excluding hydrogens is 272 g/mol. The van der Waals surface area contributed by atoms with Gasteiger partial charge in [0.05, 0.1) is 34.1 Å². The second-order valence-corrected chi connectivity index (χ2v) is 6.10. The van der Waals surface area contributed by atoms with Crippen molar-refractivity contribution in [3.8, 4) is 0 Å². The van der Waals surface area contributed by atoms with Crippen LogP contribution in [0.25, 0.3) is 0 Å². The zero-order valence-electron chi connectivity index (χ0n) is 12.9. The number of carbonyl (C=O) groups excluding carboxylic acids is 2. The molecule has 7 heteroatoms. The van der Waals surface area contributed by atoms with Crippen LogP contribution < -0.4 is 11.5 Å². The van der Waals surface area contributed by atoms with E-state index in [1.165, 1.54) is 0 Å². The average Bonchev–Trinajstić information content (AvgIpc) is 2.93. The molecule has 7 nitrogen and oxygen atoms in total. The van der Waals surface area contributed by atoms with Crippen LogP contribution in [-0.2, 0) is 14.3 Å². The van der Waals surface area contributed by atoms with Gasteiger partial charge in [0.2, 0.25) is 11.5 Å². The highest BCUT2D eigenvalue weighted by molar-refractivity contribution is 5.95. The molecule has 4 atom stereocenters. The number of nitrogens with zero attached hydrogens (tertiary/aromatic N) is 2. The molecule has 2 rings (SSSR count). The second-order valence-electron chi connectivity index (χ2n) is 6.10. The van der Waals surface area contributed by atoms with Crippen LogP contribution in [0, 0.1) is 17.8 Å². The van der Waals surface area contributed by atoms with Crippen LogP contribution in [0.2, 0.25) is 0 Å². The first kappa shape index (κ1) is 15.3. The molecule has 0 radical (unpaired) electrons. The molecule has 116 valence electrons. The fraction of sp³-hybridized carbons (Fsp3) is 0.643. The molecule has 0 saturated heterocycles. The quantitative estimate of drug-likeness (QED) is 0.293. The van der Waals surface area contributed by atoms with Crippen LogP contribution in [0.4, 0.5) is 0 Å². The lowest BCUT2D eigenvalue weighted by Gasteiger charge is -2.37. The van der Waals surface area contributed by atoms with E-state index in [-0.39, 0.29) is 11.8 Å². The maximum atomic E-state index is 12.2. The lowest BCUT2D eigenvalue weighted by atomic mass is 9.77. The van der Waals surface area contributed by atoms with Gasteiger partial charge in [-0.1, -0.05) is 12.2 Å². The number of allylic oxidation sites excluding steroid dienone is 1. The summed E-state index contributed by atoms with van der Waals surface area (Å²) >= 11 is 0. The molecule has 0 spiro atoms. The van der Waals surface area contributed by atoms with Gasteiger partial charge in [-0.05, 0) is 12.3 Å². The molecule has 2 aliphatic carbocycles. The number of hydrogen-bond acceptors (Lipinski definition) is 3. The number of ether oxygens (including phenoxy) is 1. The van der Waals surface area contributed by atoms with Crippen LogP contribution in [-0.4, -0.2) is 61.1 Å². The highest BCUT2D eigenvalue weighted by Gasteiger charge is 2.65. The lowest BCUT2D eigenvalue weighted by Crippen LogP contribution is -2.60. The van der Waals surface area contributed by atoms with E-state index in [1.54, 1.807) is 37.7 Å². The molecule has 0 aromatic carbocycles. The maximum absolute atomic E-state index is 12.2. The van der Waals surface area contributed by atoms with E-state index in [9.17, 15) is 9.59 Å². The van der Waals surface area contributed by atoms with Crippen molar-refractivity contribution in [1.29, 1.82) is 0 Å². The number of fused-ring (bicyclic) bond motifs is 2. The predicted octanol–water partition coefficient (Wildman–Crippen LogP) is -1.28. The van der Waals surface area contributed by atoms with Crippen molar-refractivity contribution in [3.05, 3.63) is 12.2 Å². The molecule has 4 N–H and O–H groups in total. The summed E-state index contributed by atoms with van der Waals surface area (Å²) in [5.41, 5.74) is 9.76. The minimum Gasteiger partial charge on any atom is -0.413 e. The van der Waals surface area contributed by atoms with Gasteiger partial charge in [-0.3, -0.25) is 9.59 Å². The van der Waals surface area contributed by atoms with E-state index in [0.29, 0.717) is 12.4 Å². The second kappa shape index (κ2) is 5.05. The van der Waals surface area contributed by atoms with E-state index in [4.69, 9.17) is 16.2 Å².